The SMILES string of the molecule is Cc1cccc(NC(=O)CNCCCN(C)C)c1. The number of benzene rings is 1. The highest BCUT2D eigenvalue weighted by molar-refractivity contribution is 5.92. The molecule has 18 heavy (non-hydrogen) atoms. The van der Waals surface area contributed by atoms with Crippen LogP contribution in [0.2, 0.25) is 0 Å². The summed E-state index contributed by atoms with van der Waals surface area (Å²) in [7, 11) is 4.09. The molecule has 0 saturated carbocycles. The first-order chi connectivity index (χ1) is 8.58. The second-order valence-electron chi connectivity index (χ2n) is 4.75. The summed E-state index contributed by atoms with van der Waals surface area (Å²) in [5.41, 5.74) is 2.00. The summed E-state index contributed by atoms with van der Waals surface area (Å²) in [5, 5.41) is 6.01. The molecule has 1 aromatic carbocycles. The van der Waals surface area contributed by atoms with Crippen LogP contribution < -0.4 is 10.6 Å². The molecule has 0 aliphatic carbocycles. The third kappa shape index (κ3) is 6.37. The Kier molecular flexibility index (Phi) is 6.39. The number of carbonyl (C=O) groups is 1. The predicted molar refractivity (Wildman–Crippen MR) is 75.8 cm³/mol. The van der Waals surface area contributed by atoms with Crippen LogP contribution in [0.3, 0.4) is 0 Å². The van der Waals surface area contributed by atoms with Crippen LogP contribution in [0.1, 0.15) is 12.0 Å². The van der Waals surface area contributed by atoms with Gasteiger partial charge in [0.15, 0.2) is 0 Å². The summed E-state index contributed by atoms with van der Waals surface area (Å²) in [4.78, 5) is 13.8. The van der Waals surface area contributed by atoms with Crippen molar-refractivity contribution in [2.45, 2.75) is 13.3 Å². The normalized spacial score (nSPS) is 10.7. The maximum atomic E-state index is 11.6. The summed E-state index contributed by atoms with van der Waals surface area (Å²) in [6.45, 7) is 4.27. The number of anilines is 1. The van der Waals surface area contributed by atoms with Crippen LogP contribution in [-0.4, -0.2) is 44.5 Å². The molecule has 1 aromatic rings. The lowest BCUT2D eigenvalue weighted by atomic mass is 10.2. The average Bonchev–Trinajstić information content (AvgIpc) is 2.28. The largest absolute Gasteiger partial charge is 0.325 e. The Morgan fingerprint density at radius 2 is 2.11 bits per heavy atom. The van der Waals surface area contributed by atoms with E-state index in [1.54, 1.807) is 0 Å². The minimum Gasteiger partial charge on any atom is -0.325 e. The summed E-state index contributed by atoms with van der Waals surface area (Å²) in [5.74, 6) is 0.00505. The molecule has 2 N–H and O–H groups in total. The van der Waals surface area contributed by atoms with Crippen LogP contribution in [0.4, 0.5) is 5.69 Å². The van der Waals surface area contributed by atoms with Gasteiger partial charge in [-0.3, -0.25) is 4.79 Å². The first-order valence-corrected chi connectivity index (χ1v) is 6.30. The lowest BCUT2D eigenvalue weighted by molar-refractivity contribution is -0.115. The maximum absolute atomic E-state index is 11.6. The third-order valence-electron chi connectivity index (χ3n) is 2.55. The Balaban J connectivity index is 2.18. The fraction of sp³-hybridized carbons (Fsp3) is 0.500. The van der Waals surface area contributed by atoms with E-state index in [-0.39, 0.29) is 5.91 Å². The molecule has 4 nitrogen and oxygen atoms in total. The first kappa shape index (κ1) is 14.7. The molecule has 1 rings (SSSR count). The van der Waals surface area contributed by atoms with Crippen LogP contribution in [-0.2, 0) is 4.79 Å². The standard InChI is InChI=1S/C14H23N3O/c1-12-6-4-7-13(10-12)16-14(18)11-15-8-5-9-17(2)3/h4,6-7,10,15H,5,8-9,11H2,1-3H3,(H,16,18). The zero-order valence-corrected chi connectivity index (χ0v) is 11.5. The van der Waals surface area contributed by atoms with Gasteiger partial charge in [0.05, 0.1) is 6.54 Å². The Hall–Kier alpha value is -1.39. The van der Waals surface area contributed by atoms with Crippen molar-refractivity contribution in [3.8, 4) is 0 Å². The van der Waals surface area contributed by atoms with Gasteiger partial charge in [-0.05, 0) is 58.2 Å². The minimum atomic E-state index is 0.00505. The second-order valence-corrected chi connectivity index (χ2v) is 4.75. The Bertz CT molecular complexity index is 377. The first-order valence-electron chi connectivity index (χ1n) is 6.30. The van der Waals surface area contributed by atoms with E-state index >= 15 is 0 Å². The highest BCUT2D eigenvalue weighted by Crippen LogP contribution is 2.08. The molecular weight excluding hydrogens is 226 g/mol. The number of aryl methyl sites for hydroxylation is 1. The molecule has 0 fully saturated rings. The lowest BCUT2D eigenvalue weighted by Crippen LogP contribution is -2.30. The Labute approximate surface area is 109 Å². The Morgan fingerprint density at radius 3 is 2.78 bits per heavy atom. The molecule has 0 heterocycles. The van der Waals surface area contributed by atoms with E-state index in [0.29, 0.717) is 6.54 Å². The average molecular weight is 249 g/mol. The molecule has 0 unspecified atom stereocenters. The highest BCUT2D eigenvalue weighted by Gasteiger charge is 2.01. The van der Waals surface area contributed by atoms with Gasteiger partial charge in [-0.1, -0.05) is 12.1 Å². The molecule has 0 atom stereocenters. The fourth-order valence-corrected chi connectivity index (χ4v) is 1.65. The van der Waals surface area contributed by atoms with Crippen molar-refractivity contribution < 1.29 is 4.79 Å². The van der Waals surface area contributed by atoms with E-state index in [0.717, 1.165) is 30.8 Å². The zero-order valence-electron chi connectivity index (χ0n) is 11.5. The van der Waals surface area contributed by atoms with Gasteiger partial charge in [0.25, 0.3) is 0 Å². The van der Waals surface area contributed by atoms with Gasteiger partial charge in [0.1, 0.15) is 0 Å². The van der Waals surface area contributed by atoms with Gasteiger partial charge < -0.3 is 15.5 Å². The smallest absolute Gasteiger partial charge is 0.238 e. The van der Waals surface area contributed by atoms with Crippen molar-refractivity contribution in [1.29, 1.82) is 0 Å². The summed E-state index contributed by atoms with van der Waals surface area (Å²) in [6, 6.07) is 7.81. The van der Waals surface area contributed by atoms with Gasteiger partial charge in [-0.2, -0.15) is 0 Å². The maximum Gasteiger partial charge on any atom is 0.238 e. The van der Waals surface area contributed by atoms with E-state index in [4.69, 9.17) is 0 Å². The summed E-state index contributed by atoms with van der Waals surface area (Å²) >= 11 is 0. The van der Waals surface area contributed by atoms with Gasteiger partial charge in [-0.15, -0.1) is 0 Å². The number of rotatable bonds is 7. The van der Waals surface area contributed by atoms with E-state index in [1.807, 2.05) is 45.3 Å². The molecule has 0 aliphatic heterocycles. The van der Waals surface area contributed by atoms with Crippen molar-refractivity contribution in [2.24, 2.45) is 0 Å². The number of nitrogens with one attached hydrogen (secondary N) is 2. The second kappa shape index (κ2) is 7.84. The van der Waals surface area contributed by atoms with Crippen LogP contribution in [0.15, 0.2) is 24.3 Å². The molecule has 4 heteroatoms. The van der Waals surface area contributed by atoms with Gasteiger partial charge in [0.2, 0.25) is 5.91 Å². The number of nitrogens with zero attached hydrogens (tertiary/aromatic N) is 1. The van der Waals surface area contributed by atoms with E-state index < -0.39 is 0 Å². The van der Waals surface area contributed by atoms with Crippen LogP contribution in [0.25, 0.3) is 0 Å². The van der Waals surface area contributed by atoms with Gasteiger partial charge >= 0.3 is 0 Å². The van der Waals surface area contributed by atoms with Crippen LogP contribution >= 0.6 is 0 Å². The summed E-state index contributed by atoms with van der Waals surface area (Å²) < 4.78 is 0. The van der Waals surface area contributed by atoms with E-state index in [1.165, 1.54) is 0 Å². The monoisotopic (exact) mass is 249 g/mol. The van der Waals surface area contributed by atoms with Crippen molar-refractivity contribution in [1.82, 2.24) is 10.2 Å². The molecular formula is C14H23N3O. The fourth-order valence-electron chi connectivity index (χ4n) is 1.65. The van der Waals surface area contributed by atoms with Crippen LogP contribution in [0, 0.1) is 6.92 Å². The van der Waals surface area contributed by atoms with Crippen molar-refractivity contribution in [3.05, 3.63) is 29.8 Å². The third-order valence-corrected chi connectivity index (χ3v) is 2.55. The van der Waals surface area contributed by atoms with Crippen molar-refractivity contribution in [2.75, 3.05) is 39.0 Å². The molecule has 0 saturated heterocycles. The molecule has 1 amide bonds. The van der Waals surface area contributed by atoms with Gasteiger partial charge in [-0.25, -0.2) is 0 Å². The molecule has 100 valence electrons. The topological polar surface area (TPSA) is 44.4 Å². The number of hydrogen-bond donors (Lipinski definition) is 2. The van der Waals surface area contributed by atoms with E-state index in [9.17, 15) is 4.79 Å². The molecule has 0 spiro atoms. The number of amides is 1. The lowest BCUT2D eigenvalue weighted by Gasteiger charge is -2.10. The zero-order chi connectivity index (χ0) is 13.4. The van der Waals surface area contributed by atoms with Gasteiger partial charge in [0, 0.05) is 5.69 Å². The Morgan fingerprint density at radius 1 is 1.33 bits per heavy atom. The summed E-state index contributed by atoms with van der Waals surface area (Å²) in [6.07, 6.45) is 1.05. The molecule has 0 bridgehead atoms. The minimum absolute atomic E-state index is 0.00505. The quantitative estimate of drug-likeness (QED) is 0.719. The van der Waals surface area contributed by atoms with Crippen molar-refractivity contribution >= 4 is 11.6 Å². The number of hydrogen-bond acceptors (Lipinski definition) is 3. The van der Waals surface area contributed by atoms with Crippen molar-refractivity contribution in [3.63, 3.8) is 0 Å². The van der Waals surface area contributed by atoms with E-state index in [2.05, 4.69) is 15.5 Å². The molecule has 0 radical (unpaired) electrons. The highest BCUT2D eigenvalue weighted by atomic mass is 16.1. The number of carbonyl (C=O) groups excluding carboxylic acids is 1. The van der Waals surface area contributed by atoms with Crippen LogP contribution in [0.5, 0.6) is 0 Å². The molecule has 0 aromatic heterocycles. The predicted octanol–water partition coefficient (Wildman–Crippen LogP) is 1.47. The molecule has 0 aliphatic rings.